The second kappa shape index (κ2) is 6.25. The number of aromatic nitrogens is 2. The van der Waals surface area contributed by atoms with Gasteiger partial charge in [0.1, 0.15) is 12.1 Å². The summed E-state index contributed by atoms with van der Waals surface area (Å²) in [6.07, 6.45) is 7.46. The van der Waals surface area contributed by atoms with E-state index in [1.165, 1.54) is 35.2 Å². The Morgan fingerprint density at radius 2 is 1.86 bits per heavy atom. The number of hydrogen-bond donors (Lipinski definition) is 1. The van der Waals surface area contributed by atoms with E-state index in [1.54, 1.807) is 6.33 Å². The number of hydrogen-bond acceptors (Lipinski definition) is 3. The summed E-state index contributed by atoms with van der Waals surface area (Å²) in [4.78, 5) is 8.90. The smallest absolute Gasteiger partial charge is 0.133 e. The van der Waals surface area contributed by atoms with Gasteiger partial charge in [-0.1, -0.05) is 31.2 Å². The van der Waals surface area contributed by atoms with Crippen LogP contribution in [0.5, 0.6) is 0 Å². The summed E-state index contributed by atoms with van der Waals surface area (Å²) in [5.41, 5.74) is 5.23. The predicted molar refractivity (Wildman–Crippen MR) is 86.5 cm³/mol. The van der Waals surface area contributed by atoms with Crippen molar-refractivity contribution in [2.75, 3.05) is 5.32 Å². The van der Waals surface area contributed by atoms with Crippen molar-refractivity contribution in [1.29, 1.82) is 0 Å². The van der Waals surface area contributed by atoms with E-state index in [1.807, 2.05) is 0 Å². The minimum Gasteiger partial charge on any atom is -0.363 e. The summed E-state index contributed by atoms with van der Waals surface area (Å²) in [7, 11) is 0. The fourth-order valence-corrected chi connectivity index (χ4v) is 2.98. The van der Waals surface area contributed by atoms with E-state index >= 15 is 0 Å². The molecule has 1 aliphatic carbocycles. The van der Waals surface area contributed by atoms with E-state index < -0.39 is 0 Å². The van der Waals surface area contributed by atoms with E-state index in [0.717, 1.165) is 25.1 Å². The Bertz CT molecular complexity index is 604. The van der Waals surface area contributed by atoms with Gasteiger partial charge in [-0.2, -0.15) is 0 Å². The molecule has 3 heteroatoms. The number of nitrogens with one attached hydrogen (secondary N) is 1. The lowest BCUT2D eigenvalue weighted by atomic mass is 9.96. The minimum atomic E-state index is 0.261. The molecule has 110 valence electrons. The molecule has 0 radical (unpaired) electrons. The van der Waals surface area contributed by atoms with E-state index in [-0.39, 0.29) is 6.04 Å². The van der Waals surface area contributed by atoms with E-state index in [0.29, 0.717) is 0 Å². The molecule has 1 atom stereocenters. The minimum absolute atomic E-state index is 0.261. The van der Waals surface area contributed by atoms with Crippen LogP contribution in [0.1, 0.15) is 55.1 Å². The molecule has 0 amide bonds. The van der Waals surface area contributed by atoms with Gasteiger partial charge in [0, 0.05) is 17.3 Å². The Balaban J connectivity index is 1.79. The quantitative estimate of drug-likeness (QED) is 0.917. The molecule has 1 heterocycles. The van der Waals surface area contributed by atoms with Crippen molar-refractivity contribution in [1.82, 2.24) is 9.97 Å². The fraction of sp³-hybridized carbons (Fsp3) is 0.444. The zero-order valence-electron chi connectivity index (χ0n) is 12.9. The average Bonchev–Trinajstić information content (AvgIpc) is 2.55. The number of aryl methyl sites for hydroxylation is 2. The highest BCUT2D eigenvalue weighted by Crippen LogP contribution is 2.27. The normalized spacial score (nSPS) is 15.3. The lowest BCUT2D eigenvalue weighted by Crippen LogP contribution is -2.14. The van der Waals surface area contributed by atoms with Crippen molar-refractivity contribution in [3.63, 3.8) is 0 Å². The van der Waals surface area contributed by atoms with Crippen LogP contribution < -0.4 is 5.32 Å². The van der Waals surface area contributed by atoms with Gasteiger partial charge in [-0.05, 0) is 50.2 Å². The summed E-state index contributed by atoms with van der Waals surface area (Å²) >= 11 is 0. The molecule has 1 unspecified atom stereocenters. The summed E-state index contributed by atoms with van der Waals surface area (Å²) in [6, 6.07) is 9.11. The molecule has 1 aliphatic rings. The van der Waals surface area contributed by atoms with Crippen molar-refractivity contribution in [2.45, 2.75) is 52.0 Å². The van der Waals surface area contributed by atoms with Crippen molar-refractivity contribution < 1.29 is 0 Å². The molecule has 1 aromatic carbocycles. The lowest BCUT2D eigenvalue weighted by molar-refractivity contribution is 0.661. The molecule has 0 fully saturated rings. The first kappa shape index (κ1) is 14.1. The predicted octanol–water partition coefficient (Wildman–Crippen LogP) is 4.09. The third-order valence-corrected chi connectivity index (χ3v) is 4.37. The first-order chi connectivity index (χ1) is 10.3. The molecule has 0 spiro atoms. The topological polar surface area (TPSA) is 37.8 Å². The van der Waals surface area contributed by atoms with Gasteiger partial charge in [-0.25, -0.2) is 9.97 Å². The Kier molecular flexibility index (Phi) is 4.18. The van der Waals surface area contributed by atoms with Gasteiger partial charge in [0.05, 0.1) is 0 Å². The van der Waals surface area contributed by atoms with Gasteiger partial charge in [0.2, 0.25) is 0 Å². The monoisotopic (exact) mass is 281 g/mol. The van der Waals surface area contributed by atoms with E-state index in [9.17, 15) is 0 Å². The SMILES string of the molecule is CCc1ccc(C(C)Nc2ncnc3c2CCCC3)cc1. The first-order valence-corrected chi connectivity index (χ1v) is 7.96. The molecule has 0 saturated heterocycles. The number of anilines is 1. The van der Waals surface area contributed by atoms with Crippen molar-refractivity contribution >= 4 is 5.82 Å². The van der Waals surface area contributed by atoms with E-state index in [2.05, 4.69) is 53.4 Å². The molecule has 2 aromatic rings. The van der Waals surface area contributed by atoms with Crippen LogP contribution in [-0.4, -0.2) is 9.97 Å². The van der Waals surface area contributed by atoms with Crippen LogP contribution in [0.3, 0.4) is 0 Å². The molecule has 0 bridgehead atoms. The second-order valence-corrected chi connectivity index (χ2v) is 5.82. The summed E-state index contributed by atoms with van der Waals surface area (Å²) < 4.78 is 0. The van der Waals surface area contributed by atoms with Gasteiger partial charge < -0.3 is 5.32 Å². The molecule has 1 aromatic heterocycles. The highest BCUT2D eigenvalue weighted by atomic mass is 15.0. The lowest BCUT2D eigenvalue weighted by Gasteiger charge is -2.21. The maximum absolute atomic E-state index is 4.47. The van der Waals surface area contributed by atoms with Crippen LogP contribution in [0, 0.1) is 0 Å². The van der Waals surface area contributed by atoms with Crippen LogP contribution in [0.25, 0.3) is 0 Å². The largest absolute Gasteiger partial charge is 0.363 e. The first-order valence-electron chi connectivity index (χ1n) is 7.96. The average molecular weight is 281 g/mol. The number of fused-ring (bicyclic) bond motifs is 1. The van der Waals surface area contributed by atoms with Gasteiger partial charge >= 0.3 is 0 Å². The molecule has 3 nitrogen and oxygen atoms in total. The molecule has 21 heavy (non-hydrogen) atoms. The Labute approximate surface area is 126 Å². The number of nitrogens with zero attached hydrogens (tertiary/aromatic N) is 2. The summed E-state index contributed by atoms with van der Waals surface area (Å²) in [6.45, 7) is 4.38. The summed E-state index contributed by atoms with van der Waals surface area (Å²) in [5, 5.41) is 3.57. The van der Waals surface area contributed by atoms with Crippen molar-refractivity contribution in [3.05, 3.63) is 53.0 Å². The Hall–Kier alpha value is -1.90. The zero-order valence-corrected chi connectivity index (χ0v) is 12.9. The van der Waals surface area contributed by atoms with Crippen LogP contribution in [0.2, 0.25) is 0 Å². The molecule has 0 saturated carbocycles. The van der Waals surface area contributed by atoms with E-state index in [4.69, 9.17) is 0 Å². The third kappa shape index (κ3) is 3.07. The van der Waals surface area contributed by atoms with Crippen molar-refractivity contribution in [2.24, 2.45) is 0 Å². The Morgan fingerprint density at radius 3 is 2.62 bits per heavy atom. The number of rotatable bonds is 4. The van der Waals surface area contributed by atoms with Crippen LogP contribution in [-0.2, 0) is 19.3 Å². The molecular weight excluding hydrogens is 258 g/mol. The number of benzene rings is 1. The van der Waals surface area contributed by atoms with Gasteiger partial charge in [0.25, 0.3) is 0 Å². The highest BCUT2D eigenvalue weighted by molar-refractivity contribution is 5.48. The van der Waals surface area contributed by atoms with Gasteiger partial charge in [-0.3, -0.25) is 0 Å². The van der Waals surface area contributed by atoms with Crippen molar-refractivity contribution in [3.8, 4) is 0 Å². The van der Waals surface area contributed by atoms with Gasteiger partial charge in [-0.15, -0.1) is 0 Å². The fourth-order valence-electron chi connectivity index (χ4n) is 2.98. The third-order valence-electron chi connectivity index (χ3n) is 4.37. The molecule has 0 aliphatic heterocycles. The maximum Gasteiger partial charge on any atom is 0.133 e. The maximum atomic E-state index is 4.47. The van der Waals surface area contributed by atoms with Gasteiger partial charge in [0.15, 0.2) is 0 Å². The zero-order chi connectivity index (χ0) is 14.7. The standard InChI is InChI=1S/C18H23N3/c1-3-14-8-10-15(11-9-14)13(2)21-18-16-6-4-5-7-17(16)19-12-20-18/h8-13H,3-7H2,1-2H3,(H,19,20,21). The van der Waals surface area contributed by atoms with Crippen LogP contribution in [0.4, 0.5) is 5.82 Å². The Morgan fingerprint density at radius 1 is 1.10 bits per heavy atom. The summed E-state index contributed by atoms with van der Waals surface area (Å²) in [5.74, 6) is 1.02. The molecular formula is C18H23N3. The van der Waals surface area contributed by atoms with Crippen LogP contribution >= 0.6 is 0 Å². The highest BCUT2D eigenvalue weighted by Gasteiger charge is 2.17. The molecule has 3 rings (SSSR count). The van der Waals surface area contributed by atoms with Crippen LogP contribution in [0.15, 0.2) is 30.6 Å². The molecule has 1 N–H and O–H groups in total. The second-order valence-electron chi connectivity index (χ2n) is 5.82.